The molecule has 0 atom stereocenters. The molecule has 0 radical (unpaired) electrons. The third-order valence-electron chi connectivity index (χ3n) is 0.0945. The van der Waals surface area contributed by atoms with Crippen LogP contribution in [-0.2, 0) is 0 Å². The van der Waals surface area contributed by atoms with Gasteiger partial charge in [-0.3, -0.25) is 0 Å². The Kier molecular flexibility index (Phi) is 3.12. The van der Waals surface area contributed by atoms with Crippen LogP contribution in [0.1, 0.15) is 0 Å². The maximum atomic E-state index is 4.86. The minimum Gasteiger partial charge on any atom is -0.127 e. The SMILES string of the molecule is [SiH3]C#CCl. The minimum absolute atomic E-state index is 0.897. The molecule has 0 saturated heterocycles. The van der Waals surface area contributed by atoms with Crippen molar-refractivity contribution >= 4 is 21.8 Å². The molecule has 0 rings (SSSR count). The van der Waals surface area contributed by atoms with Gasteiger partial charge in [-0.2, -0.15) is 0 Å². The summed E-state index contributed by atoms with van der Waals surface area (Å²) in [5.74, 6) is 0. The lowest BCUT2D eigenvalue weighted by molar-refractivity contribution is 2.96. The lowest BCUT2D eigenvalue weighted by Gasteiger charge is -1.36. The second-order valence-corrected chi connectivity index (χ2v) is 1.03. The molecule has 0 unspecified atom stereocenters. The maximum absolute atomic E-state index is 4.86. The highest BCUT2D eigenvalue weighted by atomic mass is 35.5. The molecule has 0 aromatic rings. The number of hydrogen-bond donors (Lipinski definition) is 0. The lowest BCUT2D eigenvalue weighted by Crippen LogP contribution is -1.38. The van der Waals surface area contributed by atoms with Crippen LogP contribution in [-0.4, -0.2) is 10.2 Å². The Bertz CT molecular complexity index is 42.8. The van der Waals surface area contributed by atoms with Gasteiger partial charge in [0.15, 0.2) is 0 Å². The third-order valence-corrected chi connectivity index (χ3v) is 0.850. The van der Waals surface area contributed by atoms with E-state index in [1.165, 1.54) is 0 Å². The lowest BCUT2D eigenvalue weighted by atomic mass is 11.4. The topological polar surface area (TPSA) is 0 Å². The van der Waals surface area contributed by atoms with Crippen LogP contribution >= 0.6 is 11.6 Å². The zero-order valence-electron chi connectivity index (χ0n) is 2.38. The Balaban J connectivity index is 2.83. The van der Waals surface area contributed by atoms with Gasteiger partial charge >= 0.3 is 0 Å². The molecule has 4 heavy (non-hydrogen) atoms. The highest BCUT2D eigenvalue weighted by Gasteiger charge is 1.30. The summed E-state index contributed by atoms with van der Waals surface area (Å²) >= 11 is 4.86. The monoisotopic (exact) mass is 90.0 g/mol. The average molecular weight is 90.6 g/mol. The molecule has 0 aromatic carbocycles. The normalized spacial score (nSPS) is 4.25. The largest absolute Gasteiger partial charge is 0.127 e. The Hall–Kier alpha value is 0.0669. The first-order valence-corrected chi connectivity index (χ1v) is 2.32. The predicted molar refractivity (Wildman–Crippen MR) is 23.6 cm³/mol. The average Bonchev–Trinajstić information content (AvgIpc) is 1.37. The molecule has 0 bridgehead atoms. The van der Waals surface area contributed by atoms with Crippen LogP contribution in [0.25, 0.3) is 0 Å². The molecule has 2 heteroatoms. The van der Waals surface area contributed by atoms with Crippen molar-refractivity contribution in [1.29, 1.82) is 0 Å². The van der Waals surface area contributed by atoms with E-state index in [0.717, 1.165) is 10.2 Å². The van der Waals surface area contributed by atoms with Gasteiger partial charge in [0.2, 0.25) is 0 Å². The fourth-order valence-electron chi connectivity index (χ4n) is 0. The number of halogens is 1. The van der Waals surface area contributed by atoms with Gasteiger partial charge in [0, 0.05) is 0 Å². The highest BCUT2D eigenvalue weighted by Crippen LogP contribution is 1.53. The molecule has 0 nitrogen and oxygen atoms in total. The molecule has 0 aliphatic rings. The van der Waals surface area contributed by atoms with Gasteiger partial charge in [0.25, 0.3) is 0 Å². The molecule has 0 saturated carbocycles. The standard InChI is InChI=1S/C2H3ClSi/c3-1-2-4/h4H3. The van der Waals surface area contributed by atoms with Crippen molar-refractivity contribution in [2.45, 2.75) is 0 Å². The van der Waals surface area contributed by atoms with Crippen LogP contribution < -0.4 is 0 Å². The van der Waals surface area contributed by atoms with E-state index in [2.05, 4.69) is 10.9 Å². The van der Waals surface area contributed by atoms with Crippen molar-refractivity contribution in [3.8, 4) is 10.9 Å². The fourth-order valence-corrected chi connectivity index (χ4v) is 0. The summed E-state index contributed by atoms with van der Waals surface area (Å²) in [4.78, 5) is 0. The minimum atomic E-state index is 0.897. The van der Waals surface area contributed by atoms with E-state index < -0.39 is 0 Å². The summed E-state index contributed by atoms with van der Waals surface area (Å²) < 4.78 is 0. The molecular weight excluding hydrogens is 87.6 g/mol. The van der Waals surface area contributed by atoms with Gasteiger partial charge in [-0.15, -0.1) is 5.54 Å². The number of hydrogen-bond acceptors (Lipinski definition) is 0. The molecule has 22 valence electrons. The summed E-state index contributed by atoms with van der Waals surface area (Å²) in [5.41, 5.74) is 2.58. The van der Waals surface area contributed by atoms with Crippen LogP contribution in [0.5, 0.6) is 0 Å². The van der Waals surface area contributed by atoms with Gasteiger partial charge < -0.3 is 0 Å². The molecule has 0 aromatic heterocycles. The van der Waals surface area contributed by atoms with E-state index in [1.54, 1.807) is 0 Å². The van der Waals surface area contributed by atoms with E-state index in [0.29, 0.717) is 0 Å². The van der Waals surface area contributed by atoms with Crippen molar-refractivity contribution in [3.63, 3.8) is 0 Å². The van der Waals surface area contributed by atoms with Crippen molar-refractivity contribution in [2.75, 3.05) is 0 Å². The van der Waals surface area contributed by atoms with E-state index in [-0.39, 0.29) is 0 Å². The Labute approximate surface area is 33.6 Å². The van der Waals surface area contributed by atoms with Crippen LogP contribution in [0.15, 0.2) is 0 Å². The van der Waals surface area contributed by atoms with Crippen LogP contribution in [0.2, 0.25) is 0 Å². The molecule has 0 aliphatic carbocycles. The second-order valence-electron chi connectivity index (χ2n) is 0.344. The first kappa shape index (κ1) is 4.07. The van der Waals surface area contributed by atoms with Crippen LogP contribution in [0.3, 0.4) is 0 Å². The first-order chi connectivity index (χ1) is 1.91. The Morgan fingerprint density at radius 1 is 1.75 bits per heavy atom. The highest BCUT2D eigenvalue weighted by molar-refractivity contribution is 6.35. The summed E-state index contributed by atoms with van der Waals surface area (Å²) in [6.45, 7) is 0. The Morgan fingerprint density at radius 2 is 2.00 bits per heavy atom. The van der Waals surface area contributed by atoms with Gasteiger partial charge in [-0.1, -0.05) is 0 Å². The molecule has 0 N–H and O–H groups in total. The van der Waals surface area contributed by atoms with Crippen LogP contribution in [0.4, 0.5) is 0 Å². The predicted octanol–water partition coefficient (Wildman–Crippen LogP) is -0.491. The van der Waals surface area contributed by atoms with Gasteiger partial charge in [0.1, 0.15) is 0 Å². The maximum Gasteiger partial charge on any atom is 0.0923 e. The Morgan fingerprint density at radius 3 is 2.00 bits per heavy atom. The molecule has 0 heterocycles. The number of rotatable bonds is 0. The zero-order valence-corrected chi connectivity index (χ0v) is 5.13. The van der Waals surface area contributed by atoms with Gasteiger partial charge in [-0.25, -0.2) is 0 Å². The van der Waals surface area contributed by atoms with Crippen molar-refractivity contribution in [2.24, 2.45) is 0 Å². The van der Waals surface area contributed by atoms with Crippen LogP contribution in [0, 0.1) is 10.9 Å². The van der Waals surface area contributed by atoms with E-state index in [9.17, 15) is 0 Å². The van der Waals surface area contributed by atoms with Crippen molar-refractivity contribution in [3.05, 3.63) is 0 Å². The van der Waals surface area contributed by atoms with E-state index >= 15 is 0 Å². The first-order valence-electron chi connectivity index (χ1n) is 0.939. The second kappa shape index (κ2) is 3.07. The summed E-state index contributed by atoms with van der Waals surface area (Å²) in [5, 5.41) is 2.21. The van der Waals surface area contributed by atoms with Crippen molar-refractivity contribution in [1.82, 2.24) is 0 Å². The molecule has 0 aliphatic heterocycles. The molecule has 0 amide bonds. The van der Waals surface area contributed by atoms with E-state index in [1.807, 2.05) is 0 Å². The molecular formula is C2H3ClSi. The fraction of sp³-hybridized carbons (Fsp3) is 0. The molecule has 0 spiro atoms. The van der Waals surface area contributed by atoms with E-state index in [4.69, 9.17) is 11.6 Å². The quantitative estimate of drug-likeness (QED) is 0.278. The van der Waals surface area contributed by atoms with Gasteiger partial charge in [-0.05, 0) is 17.0 Å². The van der Waals surface area contributed by atoms with Gasteiger partial charge in [0.05, 0.1) is 10.2 Å². The molecule has 0 fully saturated rings. The van der Waals surface area contributed by atoms with Crippen molar-refractivity contribution < 1.29 is 0 Å². The summed E-state index contributed by atoms with van der Waals surface area (Å²) in [7, 11) is 0.897. The summed E-state index contributed by atoms with van der Waals surface area (Å²) in [6.07, 6.45) is 0. The third kappa shape index (κ3) is 2.07. The smallest absolute Gasteiger partial charge is 0.0923 e. The zero-order chi connectivity index (χ0) is 3.41. The summed E-state index contributed by atoms with van der Waals surface area (Å²) in [6, 6.07) is 0.